The minimum Gasteiger partial charge on any atom is -0.550 e. The van der Waals surface area contributed by atoms with E-state index in [2.05, 4.69) is 13.8 Å². The van der Waals surface area contributed by atoms with Crippen LogP contribution in [-0.4, -0.2) is 40.5 Å². The third kappa shape index (κ3) is 8.26. The summed E-state index contributed by atoms with van der Waals surface area (Å²) in [6.07, 6.45) is 0.264. The van der Waals surface area contributed by atoms with Crippen LogP contribution >= 0.6 is 0 Å². The smallest absolute Gasteiger partial charge is 0.550 e. The molecular formula is C26H33FNNaO5. The molecule has 1 aromatic carbocycles. The van der Waals surface area contributed by atoms with Crippen molar-refractivity contribution < 1.29 is 58.8 Å². The number of carbonyl (C=O) groups is 1. The molecule has 0 bridgehead atoms. The molecule has 2 atom stereocenters. The molecule has 2 rings (SSSR count). The number of aliphatic hydroxyl groups excluding tert-OH is 2. The predicted octanol–water partition coefficient (Wildman–Crippen LogP) is 0.550. The summed E-state index contributed by atoms with van der Waals surface area (Å²) in [7, 11) is 1.60. The van der Waals surface area contributed by atoms with Crippen LogP contribution in [-0.2, 0) is 16.1 Å². The molecule has 2 N–H and O–H groups in total. The summed E-state index contributed by atoms with van der Waals surface area (Å²) < 4.78 is 19.2. The maximum Gasteiger partial charge on any atom is 1.00 e. The van der Waals surface area contributed by atoms with Crippen molar-refractivity contribution in [2.45, 2.75) is 71.2 Å². The Morgan fingerprint density at radius 1 is 1.12 bits per heavy atom. The number of halogens is 1. The van der Waals surface area contributed by atoms with Crippen molar-refractivity contribution in [3.63, 3.8) is 0 Å². The third-order valence-corrected chi connectivity index (χ3v) is 5.31. The first-order valence-electron chi connectivity index (χ1n) is 11.1. The van der Waals surface area contributed by atoms with Gasteiger partial charge in [-0.05, 0) is 35.1 Å². The first kappa shape index (κ1) is 30.4. The Labute approximate surface area is 223 Å². The van der Waals surface area contributed by atoms with Gasteiger partial charge >= 0.3 is 29.6 Å². The number of rotatable bonds is 11. The van der Waals surface area contributed by atoms with E-state index >= 15 is 0 Å². The van der Waals surface area contributed by atoms with Crippen LogP contribution in [0.4, 0.5) is 4.39 Å². The fourth-order valence-corrected chi connectivity index (χ4v) is 3.84. The van der Waals surface area contributed by atoms with Crippen LogP contribution in [0.25, 0.3) is 17.2 Å². The van der Waals surface area contributed by atoms with Gasteiger partial charge in [-0.25, -0.2) is 4.39 Å². The summed E-state index contributed by atoms with van der Waals surface area (Å²) in [5.74, 6) is -1.55. The number of aliphatic hydroxyl groups is 2. The monoisotopic (exact) mass is 481 g/mol. The van der Waals surface area contributed by atoms with Crippen molar-refractivity contribution in [1.82, 2.24) is 4.98 Å². The normalized spacial score (nSPS) is 13.4. The molecule has 0 saturated carbocycles. The molecule has 0 amide bonds. The topological polar surface area (TPSA) is 103 Å². The van der Waals surface area contributed by atoms with Crippen LogP contribution in [0.5, 0.6) is 0 Å². The second-order valence-electron chi connectivity index (χ2n) is 8.79. The van der Waals surface area contributed by atoms with Gasteiger partial charge in [0.05, 0.1) is 24.5 Å². The van der Waals surface area contributed by atoms with Crippen molar-refractivity contribution in [2.24, 2.45) is 0 Å². The van der Waals surface area contributed by atoms with Crippen molar-refractivity contribution in [1.29, 1.82) is 0 Å². The van der Waals surface area contributed by atoms with E-state index < -0.39 is 24.6 Å². The van der Waals surface area contributed by atoms with Crippen molar-refractivity contribution in [3.05, 3.63) is 58.7 Å². The second-order valence-corrected chi connectivity index (χ2v) is 8.79. The number of aliphatic carboxylic acids is 1. The van der Waals surface area contributed by atoms with E-state index in [1.165, 1.54) is 18.2 Å². The minimum absolute atomic E-state index is 0. The Kier molecular flexibility index (Phi) is 12.6. The first-order chi connectivity index (χ1) is 15.5. The number of pyridine rings is 1. The summed E-state index contributed by atoms with van der Waals surface area (Å²) in [6.45, 7) is 8.46. The van der Waals surface area contributed by atoms with Gasteiger partial charge in [-0.15, -0.1) is 0 Å². The first-order valence-corrected chi connectivity index (χ1v) is 11.1. The molecule has 0 unspecified atom stereocenters. The fraction of sp³-hybridized carbons (Fsp3) is 0.462. The maximum atomic E-state index is 13.7. The number of hydrogen-bond acceptors (Lipinski definition) is 6. The molecule has 0 spiro atoms. The van der Waals surface area contributed by atoms with Gasteiger partial charge in [0.25, 0.3) is 0 Å². The van der Waals surface area contributed by atoms with E-state index in [4.69, 9.17) is 9.72 Å². The summed E-state index contributed by atoms with van der Waals surface area (Å²) in [5.41, 5.74) is 4.99. The molecule has 0 radical (unpaired) electrons. The molecule has 180 valence electrons. The average molecular weight is 482 g/mol. The van der Waals surface area contributed by atoms with Gasteiger partial charge < -0.3 is 24.9 Å². The molecule has 8 heteroatoms. The third-order valence-electron chi connectivity index (χ3n) is 5.31. The number of nitrogens with zero attached hydrogens (tertiary/aromatic N) is 1. The summed E-state index contributed by atoms with van der Waals surface area (Å²) >= 11 is 0. The van der Waals surface area contributed by atoms with E-state index in [0.29, 0.717) is 6.61 Å². The Hall–Kier alpha value is -1.61. The van der Waals surface area contributed by atoms with Crippen LogP contribution in [0.3, 0.4) is 0 Å². The summed E-state index contributed by atoms with van der Waals surface area (Å²) in [4.78, 5) is 15.6. The number of hydrogen-bond donors (Lipinski definition) is 2. The van der Waals surface area contributed by atoms with Gasteiger partial charge in [0, 0.05) is 42.7 Å². The van der Waals surface area contributed by atoms with E-state index in [1.54, 1.807) is 25.3 Å². The molecular weight excluding hydrogens is 448 g/mol. The molecule has 1 aromatic heterocycles. The number of carboxylic acids is 1. The Morgan fingerprint density at radius 3 is 2.21 bits per heavy atom. The number of carbonyl (C=O) groups excluding carboxylic acids is 1. The summed E-state index contributed by atoms with van der Waals surface area (Å²) in [5, 5.41) is 30.9. The zero-order chi connectivity index (χ0) is 24.7. The maximum absolute atomic E-state index is 13.7. The Balaban J connectivity index is 0.00000578. The van der Waals surface area contributed by atoms with Crippen molar-refractivity contribution >= 4 is 12.0 Å². The van der Waals surface area contributed by atoms with Gasteiger partial charge in [-0.2, -0.15) is 0 Å². The van der Waals surface area contributed by atoms with Gasteiger partial charge in [-0.1, -0.05) is 52.0 Å². The predicted molar refractivity (Wildman–Crippen MR) is 124 cm³/mol. The number of ether oxygens (including phenoxy) is 1. The Morgan fingerprint density at radius 2 is 1.71 bits per heavy atom. The van der Waals surface area contributed by atoms with E-state index in [0.717, 1.165) is 33.6 Å². The van der Waals surface area contributed by atoms with Crippen LogP contribution < -0.4 is 34.7 Å². The second kappa shape index (κ2) is 14.1. The van der Waals surface area contributed by atoms with Crippen LogP contribution in [0.1, 0.15) is 74.9 Å². The van der Waals surface area contributed by atoms with E-state index in [9.17, 15) is 24.5 Å². The molecule has 0 fully saturated rings. The van der Waals surface area contributed by atoms with E-state index in [-0.39, 0.29) is 53.6 Å². The number of methoxy groups -OCH3 is 1. The number of aromatic nitrogens is 1. The van der Waals surface area contributed by atoms with Gasteiger partial charge in [0.15, 0.2) is 0 Å². The molecule has 6 nitrogen and oxygen atoms in total. The quantitative estimate of drug-likeness (QED) is 0.455. The van der Waals surface area contributed by atoms with Crippen LogP contribution in [0.15, 0.2) is 30.3 Å². The molecule has 2 aromatic rings. The molecule has 0 saturated heterocycles. The van der Waals surface area contributed by atoms with Crippen molar-refractivity contribution in [2.75, 3.05) is 7.11 Å². The molecule has 0 aliphatic heterocycles. The molecule has 0 aliphatic rings. The van der Waals surface area contributed by atoms with E-state index in [1.807, 2.05) is 13.8 Å². The molecule has 0 aliphatic carbocycles. The minimum atomic E-state index is -1.38. The van der Waals surface area contributed by atoms with Crippen LogP contribution in [0, 0.1) is 5.82 Å². The molecule has 1 heterocycles. The number of benzene rings is 1. The van der Waals surface area contributed by atoms with Crippen molar-refractivity contribution in [3.8, 4) is 11.1 Å². The fourth-order valence-electron chi connectivity index (χ4n) is 3.84. The Bertz CT molecular complexity index is 976. The average Bonchev–Trinajstić information content (AvgIpc) is 2.72. The zero-order valence-electron chi connectivity index (χ0n) is 20.8. The standard InChI is InChI=1S/C26H34FNO5.Na/c1-15(2)25-21(11-10-19(29)12-20(30)13-23(31)32)24(17-6-8-18(27)9-7-17)22(14-33-5)26(28-25)16(3)4;/h6-11,15-16,19-20,29-30H,12-14H2,1-5H3,(H,31,32);/q;+1/p-1/t19-,20-;/m1./s1. The van der Waals surface area contributed by atoms with Gasteiger partial charge in [-0.3, -0.25) is 4.98 Å². The largest absolute Gasteiger partial charge is 1.00 e. The van der Waals surface area contributed by atoms with Gasteiger partial charge in [0.2, 0.25) is 0 Å². The summed E-state index contributed by atoms with van der Waals surface area (Å²) in [6, 6.07) is 6.20. The molecule has 34 heavy (non-hydrogen) atoms. The number of carboxylic acid groups (broad SMARTS) is 1. The van der Waals surface area contributed by atoms with Gasteiger partial charge in [0.1, 0.15) is 5.82 Å². The zero-order valence-corrected chi connectivity index (χ0v) is 22.8. The van der Waals surface area contributed by atoms with Crippen LogP contribution in [0.2, 0.25) is 0 Å². The SMILES string of the molecule is COCc1c(C(C)C)nc(C(C)C)c(C=C[C@@H](O)C[C@@H](O)CC(=O)[O-])c1-c1ccc(F)cc1.[Na+].